The fourth-order valence-electron chi connectivity index (χ4n) is 10.4. The maximum atomic E-state index is 6.65. The van der Waals surface area contributed by atoms with Crippen LogP contribution < -0.4 is 59.7 Å². The van der Waals surface area contributed by atoms with Gasteiger partial charge in [-0.1, -0.05) is 114 Å². The number of hydrogen-bond donors (Lipinski definition) is 0. The van der Waals surface area contributed by atoms with Crippen molar-refractivity contribution in [1.82, 2.24) is 0 Å². The number of hydrogen-bond acceptors (Lipinski definition) is 6. The Bertz CT molecular complexity index is 4010. The van der Waals surface area contributed by atoms with Gasteiger partial charge in [0.15, 0.2) is 34.5 Å². The Morgan fingerprint density at radius 1 is 0.214 bits per heavy atom. The number of benzene rings is 9. The molecule has 1 aliphatic carbocycles. The first-order chi connectivity index (χ1) is 41.4. The first kappa shape index (κ1) is 57.9. The standard InChI is InChI=1S/C78H72O6/c1-7-13-43-79-73-61-37-31-55-25-19-20-27-57-33-39-63-69(51-57)71-53-59(35-41-65(71)77(83-47-17-11-5)75(63)81-45-15-9-3)29-23-24-30-60-36-42-66-72(54-60)70-52-58(34-40-64(70)76(82-46-16-10-4)78(66)84-48-18-12-6)28-22-21-26-56-32-38-62(68(50-56)67(61)49-55)74(73)80-44-14-8-2/h31-42,49-54H,7-18,43-48H2,1-6H3. The van der Waals surface area contributed by atoms with Crippen molar-refractivity contribution in [3.8, 4) is 34.5 Å². The lowest BCUT2D eigenvalue weighted by Gasteiger charge is -2.18. The van der Waals surface area contributed by atoms with E-state index in [9.17, 15) is 0 Å². The van der Waals surface area contributed by atoms with Gasteiger partial charge in [-0.2, -0.15) is 0 Å². The summed E-state index contributed by atoms with van der Waals surface area (Å²) in [5, 5.41) is 16.6. The van der Waals surface area contributed by atoms with E-state index in [1.54, 1.807) is 0 Å². The molecule has 0 saturated carbocycles. The Morgan fingerprint density at radius 3 is 0.512 bits per heavy atom. The molecule has 0 fully saturated rings. The first-order valence-corrected chi connectivity index (χ1v) is 30.4. The van der Waals surface area contributed by atoms with Crippen LogP contribution in [0.1, 0.15) is 119 Å². The van der Waals surface area contributed by atoms with E-state index in [1.165, 1.54) is 0 Å². The van der Waals surface area contributed by atoms with Crippen LogP contribution in [0.4, 0.5) is 0 Å². The van der Waals surface area contributed by atoms with E-state index in [2.05, 4.69) is 183 Å². The second-order valence-electron chi connectivity index (χ2n) is 21.2. The first-order valence-electron chi connectivity index (χ1n) is 30.4. The van der Waals surface area contributed by atoms with Crippen LogP contribution in [0.25, 0.3) is 99.0 Å². The molecule has 6 nitrogen and oxygen atoms in total. The quantitative estimate of drug-likeness (QED) is 0.0341. The molecule has 9 aromatic rings. The molecule has 0 unspecified atom stereocenters. The summed E-state index contributed by atoms with van der Waals surface area (Å²) in [5.74, 6) is 4.48. The van der Waals surface area contributed by atoms with Crippen molar-refractivity contribution in [3.63, 3.8) is 0 Å². The Kier molecular flexibility index (Phi) is 19.7. The highest BCUT2D eigenvalue weighted by molar-refractivity contribution is 6.16. The average Bonchev–Trinajstić information content (AvgIpc) is 1.66. The van der Waals surface area contributed by atoms with Crippen molar-refractivity contribution in [3.05, 3.63) is 175 Å². The molecule has 0 radical (unpaired) electrons. The number of rotatable bonds is 24. The minimum absolute atomic E-state index is 0.576. The van der Waals surface area contributed by atoms with Crippen molar-refractivity contribution in [2.24, 2.45) is 0 Å². The van der Waals surface area contributed by atoms with Crippen molar-refractivity contribution in [2.45, 2.75) is 119 Å². The van der Waals surface area contributed by atoms with E-state index in [1.807, 2.05) is 36.4 Å². The summed E-state index contributed by atoms with van der Waals surface area (Å²) < 4.78 is 39.9. The lowest BCUT2D eigenvalue weighted by molar-refractivity contribution is 0.267. The Balaban J connectivity index is 1.34. The van der Waals surface area contributed by atoms with Crippen molar-refractivity contribution >= 4 is 99.0 Å². The third kappa shape index (κ3) is 13.3. The van der Waals surface area contributed by atoms with Crippen molar-refractivity contribution in [1.29, 1.82) is 0 Å². The highest BCUT2D eigenvalue weighted by Crippen LogP contribution is 2.46. The summed E-state index contributed by atoms with van der Waals surface area (Å²) in [4.78, 5) is 0. The van der Waals surface area contributed by atoms with E-state index in [0.29, 0.717) is 39.6 Å². The normalized spacial score (nSPS) is 11.4. The summed E-state index contributed by atoms with van der Waals surface area (Å²) in [6.45, 7) is 16.5. The SMILES string of the molecule is CCCCOc1c(OCCCC)c2ccc3cc2c2cc(ccc12)=C=C=C=C=c1ccc2c(OCCCC)c(OCCCC)c4ccc(cc4c2c1)=C=C=C=C=c1ccc2c(OCCCC)c(OCCCC)c4ccc(cc4c2c1)=C=C=C=C=3. The van der Waals surface area contributed by atoms with Gasteiger partial charge in [0.25, 0.3) is 0 Å². The molecule has 0 atom stereocenters. The van der Waals surface area contributed by atoms with Crippen LogP contribution in [0.15, 0.2) is 144 Å². The molecule has 0 amide bonds. The molecule has 420 valence electrons. The maximum Gasteiger partial charge on any atom is 0.169 e. The zero-order valence-corrected chi connectivity index (χ0v) is 49.6. The molecule has 9 aromatic carbocycles. The van der Waals surface area contributed by atoms with E-state index < -0.39 is 0 Å². The van der Waals surface area contributed by atoms with Gasteiger partial charge in [0.2, 0.25) is 0 Å². The van der Waals surface area contributed by atoms with Crippen LogP contribution in [0.5, 0.6) is 34.5 Å². The molecule has 0 saturated heterocycles. The zero-order valence-electron chi connectivity index (χ0n) is 49.6. The van der Waals surface area contributed by atoms with Crippen LogP contribution in [-0.4, -0.2) is 39.6 Å². The maximum absolute atomic E-state index is 6.65. The highest BCUT2D eigenvalue weighted by Gasteiger charge is 2.21. The van der Waals surface area contributed by atoms with E-state index in [-0.39, 0.29) is 0 Å². The minimum atomic E-state index is 0.576. The largest absolute Gasteiger partial charge is 0.489 e. The predicted octanol–water partition coefficient (Wildman–Crippen LogP) is 15.0. The Hall–Kier alpha value is -9.30. The molecule has 12 bridgehead atoms. The summed E-state index contributed by atoms with van der Waals surface area (Å²) in [6, 6.07) is 37.6. The van der Waals surface area contributed by atoms with E-state index in [0.717, 1.165) is 207 Å². The molecule has 0 aromatic heterocycles. The molecule has 10 rings (SSSR count). The van der Waals surface area contributed by atoms with Gasteiger partial charge in [0.1, 0.15) is 0 Å². The summed E-state index contributed by atoms with van der Waals surface area (Å²) in [6.07, 6.45) is 11.6. The smallest absolute Gasteiger partial charge is 0.169 e. The lowest BCUT2D eigenvalue weighted by atomic mass is 9.98. The van der Waals surface area contributed by atoms with Crippen molar-refractivity contribution < 1.29 is 28.4 Å². The third-order valence-corrected chi connectivity index (χ3v) is 15.0. The molecular formula is C78H72O6. The van der Waals surface area contributed by atoms with Gasteiger partial charge in [-0.15, -0.1) is 0 Å². The fraction of sp³-hybridized carbons (Fsp3) is 0.308. The second-order valence-corrected chi connectivity index (χ2v) is 21.2. The van der Waals surface area contributed by atoms with Crippen LogP contribution in [-0.2, 0) is 0 Å². The molecule has 1 aliphatic rings. The van der Waals surface area contributed by atoms with Crippen molar-refractivity contribution in [2.75, 3.05) is 39.6 Å². The van der Waals surface area contributed by atoms with Crippen LogP contribution in [0.3, 0.4) is 0 Å². The summed E-state index contributed by atoms with van der Waals surface area (Å²) >= 11 is 0. The lowest BCUT2D eigenvalue weighted by Crippen LogP contribution is -2.06. The van der Waals surface area contributed by atoms with Gasteiger partial charge in [-0.25, -0.2) is 0 Å². The van der Waals surface area contributed by atoms with E-state index in [4.69, 9.17) is 28.4 Å². The molecule has 0 spiro atoms. The predicted molar refractivity (Wildman–Crippen MR) is 346 cm³/mol. The second kappa shape index (κ2) is 28.6. The van der Waals surface area contributed by atoms with Gasteiger partial charge in [-0.05, 0) is 214 Å². The van der Waals surface area contributed by atoms with Gasteiger partial charge < -0.3 is 28.4 Å². The fourth-order valence-corrected chi connectivity index (χ4v) is 10.4. The summed E-state index contributed by atoms with van der Waals surface area (Å²) in [5.41, 5.74) is 39.3. The third-order valence-electron chi connectivity index (χ3n) is 15.0. The average molecular weight is 1110 g/mol. The molecule has 6 heteroatoms. The molecular weight excluding hydrogens is 1030 g/mol. The van der Waals surface area contributed by atoms with Crippen LogP contribution >= 0.6 is 0 Å². The summed E-state index contributed by atoms with van der Waals surface area (Å²) in [7, 11) is 0. The van der Waals surface area contributed by atoms with E-state index >= 15 is 0 Å². The van der Waals surface area contributed by atoms with Crippen LogP contribution in [0, 0.1) is 0 Å². The topological polar surface area (TPSA) is 55.4 Å². The highest BCUT2D eigenvalue weighted by atomic mass is 16.5. The van der Waals surface area contributed by atoms with Gasteiger partial charge in [-0.3, -0.25) is 0 Å². The minimum Gasteiger partial charge on any atom is -0.489 e. The molecule has 0 heterocycles. The Labute approximate surface area is 492 Å². The molecule has 0 aliphatic heterocycles. The number of fused-ring (bicyclic) bond motifs is 6. The zero-order chi connectivity index (χ0) is 58.0. The van der Waals surface area contributed by atoms with Gasteiger partial charge in [0, 0.05) is 63.6 Å². The molecule has 84 heavy (non-hydrogen) atoms. The number of unbranched alkanes of at least 4 members (excludes halogenated alkanes) is 6. The van der Waals surface area contributed by atoms with Gasteiger partial charge >= 0.3 is 0 Å². The van der Waals surface area contributed by atoms with Gasteiger partial charge in [0.05, 0.1) is 39.6 Å². The monoisotopic (exact) mass is 1100 g/mol. The number of ether oxygens (including phenoxy) is 6. The molecule has 0 N–H and O–H groups in total. The Morgan fingerprint density at radius 2 is 0.369 bits per heavy atom. The van der Waals surface area contributed by atoms with Crippen LogP contribution in [0.2, 0.25) is 0 Å².